The molecular weight excluding hydrogens is 270 g/mol. The highest BCUT2D eigenvalue weighted by Crippen LogP contribution is 2.20. The minimum atomic E-state index is -3.34. The second-order valence-corrected chi connectivity index (χ2v) is 7.02. The molecule has 2 aliphatic rings. The summed E-state index contributed by atoms with van der Waals surface area (Å²) >= 11 is 0. The summed E-state index contributed by atoms with van der Waals surface area (Å²) in [5.74, 6) is -0.270. The second-order valence-electron chi connectivity index (χ2n) is 5.08. The van der Waals surface area contributed by atoms with Crippen molar-refractivity contribution in [2.75, 3.05) is 19.3 Å². The molecule has 2 rings (SSSR count). The summed E-state index contributed by atoms with van der Waals surface area (Å²) in [4.78, 5) is 23.1. The second kappa shape index (κ2) is 5.46. The van der Waals surface area contributed by atoms with Crippen molar-refractivity contribution in [3.63, 3.8) is 0 Å². The highest BCUT2D eigenvalue weighted by molar-refractivity contribution is 7.88. The number of nitrogens with zero attached hydrogens (tertiary/aromatic N) is 1. The predicted molar refractivity (Wildman–Crippen MR) is 68.7 cm³/mol. The Kier molecular flexibility index (Phi) is 4.10. The van der Waals surface area contributed by atoms with Gasteiger partial charge in [-0.05, 0) is 19.3 Å². The third-order valence-electron chi connectivity index (χ3n) is 3.54. The summed E-state index contributed by atoms with van der Waals surface area (Å²) in [6.45, 7) is 0.814. The van der Waals surface area contributed by atoms with E-state index in [-0.39, 0.29) is 17.9 Å². The van der Waals surface area contributed by atoms with E-state index < -0.39 is 16.1 Å². The summed E-state index contributed by atoms with van der Waals surface area (Å²) in [5.41, 5.74) is 0. The van der Waals surface area contributed by atoms with Gasteiger partial charge in [0.05, 0.1) is 6.26 Å². The standard InChI is InChI=1S/C11H19N3O4S/c1-19(17,18)14-6-2-3-9(14)11(16)13-8-4-5-10(15)12-7-8/h8-9H,2-7H2,1H3,(H,12,15)(H,13,16). The summed E-state index contributed by atoms with van der Waals surface area (Å²) in [7, 11) is -3.34. The molecule has 19 heavy (non-hydrogen) atoms. The van der Waals surface area contributed by atoms with Gasteiger partial charge in [0, 0.05) is 25.6 Å². The van der Waals surface area contributed by atoms with Gasteiger partial charge < -0.3 is 10.6 Å². The van der Waals surface area contributed by atoms with Gasteiger partial charge in [-0.3, -0.25) is 9.59 Å². The normalized spacial score (nSPS) is 29.0. The fraction of sp³-hybridized carbons (Fsp3) is 0.818. The number of nitrogens with one attached hydrogen (secondary N) is 2. The summed E-state index contributed by atoms with van der Waals surface area (Å²) in [5, 5.41) is 5.51. The van der Waals surface area contributed by atoms with Crippen LogP contribution in [0.15, 0.2) is 0 Å². The van der Waals surface area contributed by atoms with Gasteiger partial charge in [0.15, 0.2) is 0 Å². The van der Waals surface area contributed by atoms with Gasteiger partial charge >= 0.3 is 0 Å². The van der Waals surface area contributed by atoms with Gasteiger partial charge in [-0.15, -0.1) is 0 Å². The number of rotatable bonds is 3. The van der Waals surface area contributed by atoms with E-state index in [9.17, 15) is 18.0 Å². The average molecular weight is 289 g/mol. The van der Waals surface area contributed by atoms with Crippen molar-refractivity contribution in [2.45, 2.75) is 37.8 Å². The van der Waals surface area contributed by atoms with Crippen molar-refractivity contribution in [1.29, 1.82) is 0 Å². The third-order valence-corrected chi connectivity index (χ3v) is 4.83. The van der Waals surface area contributed by atoms with Crippen LogP contribution >= 0.6 is 0 Å². The largest absolute Gasteiger partial charge is 0.354 e. The van der Waals surface area contributed by atoms with Crippen molar-refractivity contribution in [2.24, 2.45) is 0 Å². The van der Waals surface area contributed by atoms with Crippen LogP contribution in [0.1, 0.15) is 25.7 Å². The molecule has 0 spiro atoms. The van der Waals surface area contributed by atoms with E-state index in [1.54, 1.807) is 0 Å². The number of hydrogen-bond donors (Lipinski definition) is 2. The van der Waals surface area contributed by atoms with Crippen molar-refractivity contribution in [1.82, 2.24) is 14.9 Å². The molecule has 2 N–H and O–H groups in total. The molecule has 0 saturated carbocycles. The van der Waals surface area contributed by atoms with E-state index in [2.05, 4.69) is 10.6 Å². The number of piperidine rings is 1. The molecule has 2 saturated heterocycles. The molecule has 0 aromatic carbocycles. The van der Waals surface area contributed by atoms with E-state index >= 15 is 0 Å². The zero-order chi connectivity index (χ0) is 14.0. The lowest BCUT2D eigenvalue weighted by atomic mass is 10.1. The van der Waals surface area contributed by atoms with Gasteiger partial charge in [0.25, 0.3) is 0 Å². The van der Waals surface area contributed by atoms with Crippen LogP contribution in [-0.4, -0.2) is 56.0 Å². The van der Waals surface area contributed by atoms with Crippen molar-refractivity contribution in [3.05, 3.63) is 0 Å². The van der Waals surface area contributed by atoms with Crippen LogP contribution in [0.25, 0.3) is 0 Å². The van der Waals surface area contributed by atoms with Crippen LogP contribution < -0.4 is 10.6 Å². The molecule has 0 bridgehead atoms. The smallest absolute Gasteiger partial charge is 0.238 e. The topological polar surface area (TPSA) is 95.6 Å². The third kappa shape index (κ3) is 3.44. The van der Waals surface area contributed by atoms with Gasteiger partial charge in [-0.1, -0.05) is 0 Å². The molecule has 2 atom stereocenters. The number of carbonyl (C=O) groups is 2. The first kappa shape index (κ1) is 14.3. The Hall–Kier alpha value is -1.15. The fourth-order valence-electron chi connectivity index (χ4n) is 2.55. The number of amides is 2. The van der Waals surface area contributed by atoms with Crippen LogP contribution in [0.2, 0.25) is 0 Å². The Bertz CT molecular complexity index is 466. The number of hydrogen-bond acceptors (Lipinski definition) is 4. The molecule has 108 valence electrons. The van der Waals surface area contributed by atoms with E-state index in [1.807, 2.05) is 0 Å². The zero-order valence-electron chi connectivity index (χ0n) is 10.9. The Morgan fingerprint density at radius 2 is 2.16 bits per heavy atom. The summed E-state index contributed by atoms with van der Waals surface area (Å²) in [6.07, 6.45) is 3.37. The van der Waals surface area contributed by atoms with Crippen molar-refractivity contribution in [3.8, 4) is 0 Å². The molecule has 2 amide bonds. The van der Waals surface area contributed by atoms with Gasteiger partial charge in [0.1, 0.15) is 6.04 Å². The Morgan fingerprint density at radius 1 is 1.42 bits per heavy atom. The first-order chi connectivity index (χ1) is 8.88. The van der Waals surface area contributed by atoms with E-state index in [0.29, 0.717) is 38.8 Å². The molecule has 8 heteroatoms. The maximum Gasteiger partial charge on any atom is 0.238 e. The summed E-state index contributed by atoms with van der Waals surface area (Å²) < 4.78 is 24.4. The van der Waals surface area contributed by atoms with E-state index in [4.69, 9.17) is 0 Å². The Balaban J connectivity index is 1.94. The Morgan fingerprint density at radius 3 is 2.74 bits per heavy atom. The lowest BCUT2D eigenvalue weighted by Gasteiger charge is -2.27. The maximum absolute atomic E-state index is 12.1. The molecule has 2 heterocycles. The van der Waals surface area contributed by atoms with Crippen LogP contribution in [-0.2, 0) is 19.6 Å². The monoisotopic (exact) mass is 289 g/mol. The van der Waals surface area contributed by atoms with Gasteiger partial charge in [-0.2, -0.15) is 4.31 Å². The van der Waals surface area contributed by atoms with E-state index in [1.165, 1.54) is 4.31 Å². The molecule has 7 nitrogen and oxygen atoms in total. The Labute approximate surface area is 112 Å². The van der Waals surface area contributed by atoms with Crippen LogP contribution in [0.4, 0.5) is 0 Å². The molecular formula is C11H19N3O4S. The average Bonchev–Trinajstić information content (AvgIpc) is 2.81. The first-order valence-corrected chi connectivity index (χ1v) is 8.26. The molecule has 2 unspecified atom stereocenters. The molecule has 2 fully saturated rings. The molecule has 0 aromatic heterocycles. The SMILES string of the molecule is CS(=O)(=O)N1CCCC1C(=O)NC1CCC(=O)NC1. The van der Waals surface area contributed by atoms with E-state index in [0.717, 1.165) is 6.26 Å². The first-order valence-electron chi connectivity index (χ1n) is 6.42. The van der Waals surface area contributed by atoms with Crippen molar-refractivity contribution >= 4 is 21.8 Å². The van der Waals surface area contributed by atoms with Crippen LogP contribution in [0, 0.1) is 0 Å². The number of carbonyl (C=O) groups excluding carboxylic acids is 2. The van der Waals surface area contributed by atoms with Crippen LogP contribution in [0.5, 0.6) is 0 Å². The lowest BCUT2D eigenvalue weighted by molar-refractivity contribution is -0.127. The van der Waals surface area contributed by atoms with Gasteiger partial charge in [-0.25, -0.2) is 8.42 Å². The van der Waals surface area contributed by atoms with Crippen molar-refractivity contribution < 1.29 is 18.0 Å². The lowest BCUT2D eigenvalue weighted by Crippen LogP contribution is -2.53. The molecule has 0 aliphatic carbocycles. The molecule has 0 radical (unpaired) electrons. The quantitative estimate of drug-likeness (QED) is 0.682. The minimum absolute atomic E-state index is 0.0101. The minimum Gasteiger partial charge on any atom is -0.354 e. The zero-order valence-corrected chi connectivity index (χ0v) is 11.7. The highest BCUT2D eigenvalue weighted by Gasteiger charge is 2.37. The summed E-state index contributed by atoms with van der Waals surface area (Å²) in [6, 6.07) is -0.708. The molecule has 2 aliphatic heterocycles. The van der Waals surface area contributed by atoms with Crippen LogP contribution in [0.3, 0.4) is 0 Å². The molecule has 0 aromatic rings. The highest BCUT2D eigenvalue weighted by atomic mass is 32.2. The predicted octanol–water partition coefficient (Wildman–Crippen LogP) is -1.19. The fourth-order valence-corrected chi connectivity index (χ4v) is 3.68. The van der Waals surface area contributed by atoms with Gasteiger partial charge in [0.2, 0.25) is 21.8 Å². The maximum atomic E-state index is 12.1. The number of sulfonamides is 1.